The zero-order valence-electron chi connectivity index (χ0n) is 20.1. The van der Waals surface area contributed by atoms with Gasteiger partial charge < -0.3 is 5.32 Å². The van der Waals surface area contributed by atoms with Crippen molar-refractivity contribution in [1.29, 1.82) is 0 Å². The number of carbonyl (C=O) groups excluding carboxylic acids is 1. The number of sulfonamides is 2. The van der Waals surface area contributed by atoms with Gasteiger partial charge in [0.15, 0.2) is 0 Å². The van der Waals surface area contributed by atoms with Gasteiger partial charge in [-0.3, -0.25) is 18.8 Å². The highest BCUT2D eigenvalue weighted by Crippen LogP contribution is 2.23. The van der Waals surface area contributed by atoms with Gasteiger partial charge in [-0.25, -0.2) is 21.2 Å². The molecule has 0 bridgehead atoms. The minimum absolute atomic E-state index is 0.000533. The Labute approximate surface area is 220 Å². The van der Waals surface area contributed by atoms with Crippen molar-refractivity contribution in [2.45, 2.75) is 11.4 Å². The number of nitrogens with one attached hydrogen (secondary N) is 2. The summed E-state index contributed by atoms with van der Waals surface area (Å²) in [6.07, 6.45) is 3.92. The molecule has 0 saturated heterocycles. The molecule has 38 heavy (non-hydrogen) atoms. The first-order valence-electron chi connectivity index (χ1n) is 11.2. The van der Waals surface area contributed by atoms with E-state index in [1.54, 1.807) is 18.2 Å². The minimum atomic E-state index is -3.84. The molecule has 0 saturated carbocycles. The standard InChI is InChI=1S/C26H23FN4O5S2/c1-37(33,34)31(18-20-5-2-3-7-25(20)27)23-12-8-19(9-13-23)26(32)29-21-10-14-24(15-11-21)38(35,36)30-22-6-4-16-28-17-22/h2-17,30H,18H2,1H3,(H,29,32). The molecule has 0 atom stereocenters. The summed E-state index contributed by atoms with van der Waals surface area (Å²) in [7, 11) is -7.58. The van der Waals surface area contributed by atoms with Crippen molar-refractivity contribution in [2.24, 2.45) is 0 Å². The van der Waals surface area contributed by atoms with E-state index in [2.05, 4.69) is 15.0 Å². The fraction of sp³-hybridized carbons (Fsp3) is 0.0769. The first-order chi connectivity index (χ1) is 18.0. The number of hydrogen-bond acceptors (Lipinski definition) is 6. The van der Waals surface area contributed by atoms with Gasteiger partial charge in [-0.1, -0.05) is 18.2 Å². The molecule has 0 unspecified atom stereocenters. The Morgan fingerprint density at radius 1 is 0.868 bits per heavy atom. The van der Waals surface area contributed by atoms with Gasteiger partial charge >= 0.3 is 0 Å². The van der Waals surface area contributed by atoms with Crippen LogP contribution in [0.2, 0.25) is 0 Å². The van der Waals surface area contributed by atoms with Crippen LogP contribution in [-0.2, 0) is 26.6 Å². The van der Waals surface area contributed by atoms with Gasteiger partial charge in [0.1, 0.15) is 5.82 Å². The lowest BCUT2D eigenvalue weighted by Crippen LogP contribution is -2.29. The zero-order chi connectivity index (χ0) is 27.3. The Balaban J connectivity index is 1.45. The third-order valence-electron chi connectivity index (χ3n) is 5.43. The van der Waals surface area contributed by atoms with E-state index in [9.17, 15) is 26.0 Å². The smallest absolute Gasteiger partial charge is 0.261 e. The molecule has 1 amide bonds. The second kappa shape index (κ2) is 11.0. The Hall–Kier alpha value is -4.29. The van der Waals surface area contributed by atoms with Crippen LogP contribution in [0.3, 0.4) is 0 Å². The van der Waals surface area contributed by atoms with E-state index in [4.69, 9.17) is 0 Å². The Morgan fingerprint density at radius 3 is 2.16 bits per heavy atom. The number of carbonyl (C=O) groups is 1. The van der Waals surface area contributed by atoms with Crippen LogP contribution in [0, 0.1) is 5.82 Å². The summed E-state index contributed by atoms with van der Waals surface area (Å²) in [6, 6.07) is 20.5. The molecule has 0 radical (unpaired) electrons. The Kier molecular flexibility index (Phi) is 7.74. The SMILES string of the molecule is CS(=O)(=O)N(Cc1ccccc1F)c1ccc(C(=O)Nc2ccc(S(=O)(=O)Nc3cccnc3)cc2)cc1. The van der Waals surface area contributed by atoms with Gasteiger partial charge in [0.25, 0.3) is 15.9 Å². The predicted octanol–water partition coefficient (Wildman–Crippen LogP) is 4.24. The molecule has 0 spiro atoms. The summed E-state index contributed by atoms with van der Waals surface area (Å²) >= 11 is 0. The zero-order valence-corrected chi connectivity index (χ0v) is 21.7. The lowest BCUT2D eigenvalue weighted by Gasteiger charge is -2.23. The first-order valence-corrected chi connectivity index (χ1v) is 14.5. The summed E-state index contributed by atoms with van der Waals surface area (Å²) in [5.41, 5.74) is 1.39. The van der Waals surface area contributed by atoms with Crippen LogP contribution in [0.5, 0.6) is 0 Å². The number of pyridine rings is 1. The van der Waals surface area contributed by atoms with Crippen LogP contribution < -0.4 is 14.3 Å². The van der Waals surface area contributed by atoms with E-state index >= 15 is 0 Å². The normalized spacial score (nSPS) is 11.5. The molecule has 3 aromatic carbocycles. The van der Waals surface area contributed by atoms with Crippen LogP contribution in [-0.4, -0.2) is 34.0 Å². The molecule has 4 aromatic rings. The van der Waals surface area contributed by atoms with Crippen molar-refractivity contribution in [2.75, 3.05) is 20.6 Å². The monoisotopic (exact) mass is 554 g/mol. The number of rotatable bonds is 9. The third kappa shape index (κ3) is 6.52. The Bertz CT molecular complexity index is 1650. The van der Waals surface area contributed by atoms with Gasteiger partial charge in [-0.2, -0.15) is 0 Å². The van der Waals surface area contributed by atoms with E-state index < -0.39 is 31.8 Å². The minimum Gasteiger partial charge on any atom is -0.322 e. The second-order valence-electron chi connectivity index (χ2n) is 8.23. The van der Waals surface area contributed by atoms with Crippen LogP contribution in [0.1, 0.15) is 15.9 Å². The molecule has 1 heterocycles. The van der Waals surface area contributed by atoms with Gasteiger partial charge in [0.05, 0.1) is 35.3 Å². The van der Waals surface area contributed by atoms with Crippen molar-refractivity contribution in [3.8, 4) is 0 Å². The van der Waals surface area contributed by atoms with Crippen LogP contribution in [0.4, 0.5) is 21.5 Å². The van der Waals surface area contributed by atoms with Crippen LogP contribution in [0.15, 0.2) is 102 Å². The number of benzene rings is 3. The van der Waals surface area contributed by atoms with Gasteiger partial charge in [0, 0.05) is 23.0 Å². The molecule has 0 aliphatic carbocycles. The van der Waals surface area contributed by atoms with Crippen LogP contribution >= 0.6 is 0 Å². The number of aromatic nitrogens is 1. The molecule has 12 heteroatoms. The highest BCUT2D eigenvalue weighted by Gasteiger charge is 2.20. The van der Waals surface area contributed by atoms with Crippen molar-refractivity contribution in [3.63, 3.8) is 0 Å². The molecule has 2 N–H and O–H groups in total. The molecule has 4 rings (SSSR count). The summed E-state index contributed by atoms with van der Waals surface area (Å²) in [5, 5.41) is 2.67. The summed E-state index contributed by atoms with van der Waals surface area (Å²) < 4.78 is 67.4. The fourth-order valence-corrected chi connectivity index (χ4v) is 5.44. The molecule has 0 fully saturated rings. The topological polar surface area (TPSA) is 126 Å². The Morgan fingerprint density at radius 2 is 1.55 bits per heavy atom. The highest BCUT2D eigenvalue weighted by atomic mass is 32.2. The van der Waals surface area contributed by atoms with Gasteiger partial charge in [-0.05, 0) is 66.7 Å². The van der Waals surface area contributed by atoms with Crippen molar-refractivity contribution in [1.82, 2.24) is 4.98 Å². The lowest BCUT2D eigenvalue weighted by molar-refractivity contribution is 0.102. The predicted molar refractivity (Wildman–Crippen MR) is 143 cm³/mol. The van der Waals surface area contributed by atoms with E-state index in [1.807, 2.05) is 0 Å². The molecule has 0 aliphatic rings. The number of anilines is 3. The maximum atomic E-state index is 14.1. The average molecular weight is 555 g/mol. The van der Waals surface area contributed by atoms with Gasteiger partial charge in [-0.15, -0.1) is 0 Å². The third-order valence-corrected chi connectivity index (χ3v) is 7.96. The largest absolute Gasteiger partial charge is 0.322 e. The van der Waals surface area contributed by atoms with E-state index in [0.717, 1.165) is 10.6 Å². The average Bonchev–Trinajstić information content (AvgIpc) is 2.88. The van der Waals surface area contributed by atoms with E-state index in [-0.39, 0.29) is 28.3 Å². The van der Waals surface area contributed by atoms with Crippen LogP contribution in [0.25, 0.3) is 0 Å². The number of amides is 1. The van der Waals surface area contributed by atoms with E-state index in [1.165, 1.54) is 79.1 Å². The molecule has 0 aliphatic heterocycles. The number of nitrogens with zero attached hydrogens (tertiary/aromatic N) is 2. The summed E-state index contributed by atoms with van der Waals surface area (Å²) in [4.78, 5) is 16.6. The maximum absolute atomic E-state index is 14.1. The van der Waals surface area contributed by atoms with Crippen molar-refractivity contribution < 1.29 is 26.0 Å². The number of halogens is 1. The summed E-state index contributed by atoms with van der Waals surface area (Å²) in [6.45, 7) is -0.206. The molecule has 1 aromatic heterocycles. The maximum Gasteiger partial charge on any atom is 0.261 e. The lowest BCUT2D eigenvalue weighted by atomic mass is 10.1. The van der Waals surface area contributed by atoms with E-state index in [0.29, 0.717) is 11.4 Å². The highest BCUT2D eigenvalue weighted by molar-refractivity contribution is 7.92. The molecule has 9 nitrogen and oxygen atoms in total. The molecular weight excluding hydrogens is 531 g/mol. The van der Waals surface area contributed by atoms with Crippen molar-refractivity contribution in [3.05, 3.63) is 114 Å². The van der Waals surface area contributed by atoms with Gasteiger partial charge in [0.2, 0.25) is 10.0 Å². The quantitative estimate of drug-likeness (QED) is 0.319. The fourth-order valence-electron chi connectivity index (χ4n) is 3.52. The molecule has 196 valence electrons. The summed E-state index contributed by atoms with van der Waals surface area (Å²) in [5.74, 6) is -1.01. The number of hydrogen-bond donors (Lipinski definition) is 2. The first kappa shape index (κ1) is 26.8. The molecular formula is C26H23FN4O5S2. The van der Waals surface area contributed by atoms with Crippen molar-refractivity contribution >= 4 is 43.0 Å². The second-order valence-corrected chi connectivity index (χ2v) is 11.8.